The van der Waals surface area contributed by atoms with Gasteiger partial charge in [0.05, 0.1) is 5.41 Å². The Morgan fingerprint density at radius 3 is 2.88 bits per heavy atom. The standard InChI is InChI=1S/C13H20O3/c1-3-4-8-13(10-14)9-6-5-7-12(13)16-11(2)15/h3,10,12H,1,4-9H2,2H3. The van der Waals surface area contributed by atoms with Crippen molar-refractivity contribution < 1.29 is 14.3 Å². The summed E-state index contributed by atoms with van der Waals surface area (Å²) in [6, 6.07) is 0. The molecule has 16 heavy (non-hydrogen) atoms. The molecule has 1 aliphatic carbocycles. The lowest BCUT2D eigenvalue weighted by Gasteiger charge is -2.39. The third-order valence-corrected chi connectivity index (χ3v) is 3.36. The monoisotopic (exact) mass is 224 g/mol. The van der Waals surface area contributed by atoms with Crippen molar-refractivity contribution >= 4 is 12.3 Å². The molecule has 0 saturated heterocycles. The molecule has 1 fully saturated rings. The van der Waals surface area contributed by atoms with Gasteiger partial charge in [-0.2, -0.15) is 0 Å². The minimum Gasteiger partial charge on any atom is -0.462 e. The van der Waals surface area contributed by atoms with Crippen molar-refractivity contribution in [3.05, 3.63) is 12.7 Å². The fourth-order valence-corrected chi connectivity index (χ4v) is 2.46. The first-order valence-electron chi connectivity index (χ1n) is 5.89. The van der Waals surface area contributed by atoms with E-state index in [1.165, 1.54) is 6.92 Å². The van der Waals surface area contributed by atoms with Crippen LogP contribution in [0.25, 0.3) is 0 Å². The lowest BCUT2D eigenvalue weighted by molar-refractivity contribution is -0.159. The molecule has 0 N–H and O–H groups in total. The van der Waals surface area contributed by atoms with Gasteiger partial charge in [0.15, 0.2) is 0 Å². The average molecular weight is 224 g/mol. The number of allylic oxidation sites excluding steroid dienone is 1. The van der Waals surface area contributed by atoms with Crippen LogP contribution < -0.4 is 0 Å². The van der Waals surface area contributed by atoms with E-state index >= 15 is 0 Å². The highest BCUT2D eigenvalue weighted by molar-refractivity contribution is 5.68. The third kappa shape index (κ3) is 2.94. The summed E-state index contributed by atoms with van der Waals surface area (Å²) in [6.07, 6.45) is 7.77. The Morgan fingerprint density at radius 1 is 1.56 bits per heavy atom. The number of esters is 1. The zero-order chi connectivity index (χ0) is 12.0. The van der Waals surface area contributed by atoms with Crippen molar-refractivity contribution in [3.8, 4) is 0 Å². The minimum absolute atomic E-state index is 0.240. The second-order valence-corrected chi connectivity index (χ2v) is 4.52. The van der Waals surface area contributed by atoms with Gasteiger partial charge in [-0.05, 0) is 32.1 Å². The molecule has 1 aliphatic rings. The Balaban J connectivity index is 2.77. The molecule has 0 bridgehead atoms. The molecule has 1 rings (SSSR count). The SMILES string of the molecule is C=CCCC1(C=O)CCCCC1OC(C)=O. The van der Waals surface area contributed by atoms with Crippen LogP contribution in [-0.4, -0.2) is 18.4 Å². The number of hydrogen-bond acceptors (Lipinski definition) is 3. The molecular weight excluding hydrogens is 204 g/mol. The minimum atomic E-state index is -0.474. The molecule has 3 heteroatoms. The lowest BCUT2D eigenvalue weighted by atomic mass is 9.70. The summed E-state index contributed by atoms with van der Waals surface area (Å²) in [6.45, 7) is 5.07. The maximum atomic E-state index is 11.4. The number of aldehydes is 1. The van der Waals surface area contributed by atoms with Gasteiger partial charge in [0.1, 0.15) is 12.4 Å². The summed E-state index contributed by atoms with van der Waals surface area (Å²) in [5, 5.41) is 0. The van der Waals surface area contributed by atoms with Crippen LogP contribution in [0.4, 0.5) is 0 Å². The Morgan fingerprint density at radius 2 is 2.31 bits per heavy atom. The van der Waals surface area contributed by atoms with E-state index in [-0.39, 0.29) is 12.1 Å². The number of carbonyl (C=O) groups is 2. The Kier molecular flexibility index (Phi) is 4.71. The maximum Gasteiger partial charge on any atom is 0.302 e. The fraction of sp³-hybridized carbons (Fsp3) is 0.692. The van der Waals surface area contributed by atoms with Crippen molar-refractivity contribution in [2.24, 2.45) is 5.41 Å². The molecule has 2 unspecified atom stereocenters. The van der Waals surface area contributed by atoms with Gasteiger partial charge in [-0.25, -0.2) is 0 Å². The first-order chi connectivity index (χ1) is 7.64. The molecule has 0 aliphatic heterocycles. The first-order valence-corrected chi connectivity index (χ1v) is 5.89. The van der Waals surface area contributed by atoms with E-state index < -0.39 is 5.41 Å². The van der Waals surface area contributed by atoms with E-state index in [4.69, 9.17) is 4.74 Å². The quantitative estimate of drug-likeness (QED) is 0.409. The summed E-state index contributed by atoms with van der Waals surface area (Å²) in [4.78, 5) is 22.4. The van der Waals surface area contributed by atoms with E-state index in [2.05, 4.69) is 6.58 Å². The maximum absolute atomic E-state index is 11.4. The number of rotatable bonds is 5. The number of carbonyl (C=O) groups excluding carboxylic acids is 2. The molecule has 0 heterocycles. The van der Waals surface area contributed by atoms with Gasteiger partial charge in [0.25, 0.3) is 0 Å². The molecule has 0 radical (unpaired) electrons. The largest absolute Gasteiger partial charge is 0.462 e. The second-order valence-electron chi connectivity index (χ2n) is 4.52. The van der Waals surface area contributed by atoms with Crippen LogP contribution >= 0.6 is 0 Å². The summed E-state index contributed by atoms with van der Waals surface area (Å²) in [5.41, 5.74) is -0.474. The molecule has 0 aromatic carbocycles. The predicted octanol–water partition coefficient (Wildman–Crippen LogP) is 2.64. The highest BCUT2D eigenvalue weighted by Gasteiger charge is 2.42. The Labute approximate surface area is 96.9 Å². The third-order valence-electron chi connectivity index (χ3n) is 3.36. The molecule has 1 saturated carbocycles. The lowest BCUT2D eigenvalue weighted by Crippen LogP contribution is -2.42. The molecule has 0 amide bonds. The van der Waals surface area contributed by atoms with Gasteiger partial charge in [-0.3, -0.25) is 4.79 Å². The van der Waals surface area contributed by atoms with E-state index in [1.54, 1.807) is 0 Å². The molecular formula is C13H20O3. The number of ether oxygens (including phenoxy) is 1. The smallest absolute Gasteiger partial charge is 0.302 e. The summed E-state index contributed by atoms with van der Waals surface area (Å²) in [7, 11) is 0. The molecule has 90 valence electrons. The van der Waals surface area contributed by atoms with Crippen molar-refractivity contribution in [1.82, 2.24) is 0 Å². The van der Waals surface area contributed by atoms with Crippen LogP contribution in [0.15, 0.2) is 12.7 Å². The van der Waals surface area contributed by atoms with Crippen LogP contribution in [0.3, 0.4) is 0 Å². The second kappa shape index (κ2) is 5.83. The van der Waals surface area contributed by atoms with Crippen molar-refractivity contribution in [3.63, 3.8) is 0 Å². The number of hydrogen-bond donors (Lipinski definition) is 0. The van der Waals surface area contributed by atoms with Crippen LogP contribution in [0.2, 0.25) is 0 Å². The van der Waals surface area contributed by atoms with Gasteiger partial charge < -0.3 is 9.53 Å². The van der Waals surface area contributed by atoms with E-state index in [1.807, 2.05) is 6.08 Å². The van der Waals surface area contributed by atoms with E-state index in [9.17, 15) is 9.59 Å². The normalized spacial score (nSPS) is 29.4. The molecule has 0 spiro atoms. The van der Waals surface area contributed by atoms with E-state index in [0.29, 0.717) is 0 Å². The summed E-state index contributed by atoms with van der Waals surface area (Å²) in [5.74, 6) is -0.295. The summed E-state index contributed by atoms with van der Waals surface area (Å²) >= 11 is 0. The zero-order valence-corrected chi connectivity index (χ0v) is 9.91. The van der Waals surface area contributed by atoms with Gasteiger partial charge in [0, 0.05) is 6.92 Å². The Bertz CT molecular complexity index is 272. The fourth-order valence-electron chi connectivity index (χ4n) is 2.46. The van der Waals surface area contributed by atoms with E-state index in [0.717, 1.165) is 44.8 Å². The topological polar surface area (TPSA) is 43.4 Å². The molecule has 2 atom stereocenters. The van der Waals surface area contributed by atoms with Crippen molar-refractivity contribution in [2.45, 2.75) is 51.6 Å². The summed E-state index contributed by atoms with van der Waals surface area (Å²) < 4.78 is 5.29. The zero-order valence-electron chi connectivity index (χ0n) is 9.91. The van der Waals surface area contributed by atoms with Crippen molar-refractivity contribution in [2.75, 3.05) is 0 Å². The predicted molar refractivity (Wildman–Crippen MR) is 62.0 cm³/mol. The molecule has 3 nitrogen and oxygen atoms in total. The van der Waals surface area contributed by atoms with Gasteiger partial charge in [-0.1, -0.05) is 12.5 Å². The van der Waals surface area contributed by atoms with Gasteiger partial charge in [0.2, 0.25) is 0 Å². The Hall–Kier alpha value is -1.12. The highest BCUT2D eigenvalue weighted by atomic mass is 16.5. The first kappa shape index (κ1) is 12.9. The van der Waals surface area contributed by atoms with Crippen molar-refractivity contribution in [1.29, 1.82) is 0 Å². The molecule has 0 aromatic rings. The van der Waals surface area contributed by atoms with Crippen LogP contribution in [-0.2, 0) is 14.3 Å². The van der Waals surface area contributed by atoms with Gasteiger partial charge >= 0.3 is 5.97 Å². The molecule has 0 aromatic heterocycles. The highest BCUT2D eigenvalue weighted by Crippen LogP contribution is 2.40. The van der Waals surface area contributed by atoms with Gasteiger partial charge in [-0.15, -0.1) is 6.58 Å². The average Bonchev–Trinajstić information content (AvgIpc) is 2.28. The van der Waals surface area contributed by atoms with Crippen LogP contribution in [0, 0.1) is 5.41 Å². The van der Waals surface area contributed by atoms with Crippen LogP contribution in [0.1, 0.15) is 45.4 Å². The van der Waals surface area contributed by atoms with Crippen LogP contribution in [0.5, 0.6) is 0 Å².